The van der Waals surface area contributed by atoms with E-state index in [9.17, 15) is 0 Å². The van der Waals surface area contributed by atoms with Crippen LogP contribution in [-0.2, 0) is 6.42 Å². The molecule has 0 saturated heterocycles. The minimum absolute atomic E-state index is 0.309. The molecule has 0 radical (unpaired) electrons. The molecule has 0 bridgehead atoms. The van der Waals surface area contributed by atoms with Crippen molar-refractivity contribution in [1.29, 1.82) is 0 Å². The highest BCUT2D eigenvalue weighted by Crippen LogP contribution is 2.30. The Morgan fingerprint density at radius 2 is 2.06 bits per heavy atom. The Balaban J connectivity index is 2.51. The molecule has 6 nitrogen and oxygen atoms in total. The monoisotopic (exact) mass is 250 g/mol. The van der Waals surface area contributed by atoms with E-state index in [4.69, 9.17) is 10.2 Å². The minimum atomic E-state index is -1.28. The number of anilines is 1. The van der Waals surface area contributed by atoms with Gasteiger partial charge in [-0.25, -0.2) is 0 Å². The number of aliphatic hydroxyl groups is 2. The summed E-state index contributed by atoms with van der Waals surface area (Å²) in [5, 5.41) is 28.8. The van der Waals surface area contributed by atoms with Gasteiger partial charge >= 0.3 is 0 Å². The SMILES string of the molecule is Cc1c(N(C)C)c(CCC(O)O)cc2n[nH]nc12. The van der Waals surface area contributed by atoms with Crippen LogP contribution in [-0.4, -0.2) is 46.0 Å². The van der Waals surface area contributed by atoms with E-state index in [1.807, 2.05) is 32.0 Å². The second-order valence-corrected chi connectivity index (χ2v) is 4.61. The molecule has 0 unspecified atom stereocenters. The van der Waals surface area contributed by atoms with E-state index >= 15 is 0 Å². The van der Waals surface area contributed by atoms with E-state index in [0.717, 1.165) is 27.8 Å². The molecule has 1 aromatic heterocycles. The zero-order valence-corrected chi connectivity index (χ0v) is 10.8. The van der Waals surface area contributed by atoms with Crippen molar-refractivity contribution in [3.8, 4) is 0 Å². The van der Waals surface area contributed by atoms with Crippen molar-refractivity contribution in [2.75, 3.05) is 19.0 Å². The van der Waals surface area contributed by atoms with Gasteiger partial charge < -0.3 is 15.1 Å². The molecule has 2 rings (SSSR count). The Kier molecular flexibility index (Phi) is 3.49. The van der Waals surface area contributed by atoms with E-state index < -0.39 is 6.29 Å². The zero-order valence-electron chi connectivity index (χ0n) is 10.8. The summed E-state index contributed by atoms with van der Waals surface area (Å²) >= 11 is 0. The lowest BCUT2D eigenvalue weighted by Gasteiger charge is -2.20. The van der Waals surface area contributed by atoms with Crippen LogP contribution in [0.25, 0.3) is 11.0 Å². The summed E-state index contributed by atoms with van der Waals surface area (Å²) in [5.74, 6) is 0. The molecule has 0 atom stereocenters. The van der Waals surface area contributed by atoms with Crippen molar-refractivity contribution in [3.05, 3.63) is 17.2 Å². The topological polar surface area (TPSA) is 85.3 Å². The fourth-order valence-corrected chi connectivity index (χ4v) is 2.30. The van der Waals surface area contributed by atoms with Gasteiger partial charge in [0.1, 0.15) is 11.0 Å². The molecular formula is C12H18N4O2. The van der Waals surface area contributed by atoms with Gasteiger partial charge in [-0.1, -0.05) is 0 Å². The third-order valence-electron chi connectivity index (χ3n) is 3.02. The minimum Gasteiger partial charge on any atom is -0.377 e. The smallest absolute Gasteiger partial charge is 0.151 e. The second kappa shape index (κ2) is 4.91. The number of H-pyrrole nitrogens is 1. The zero-order chi connectivity index (χ0) is 13.3. The first-order valence-corrected chi connectivity index (χ1v) is 5.87. The number of fused-ring (bicyclic) bond motifs is 1. The number of nitrogens with zero attached hydrogens (tertiary/aromatic N) is 3. The highest BCUT2D eigenvalue weighted by atomic mass is 16.5. The summed E-state index contributed by atoms with van der Waals surface area (Å²) < 4.78 is 0. The first-order valence-electron chi connectivity index (χ1n) is 5.87. The molecule has 18 heavy (non-hydrogen) atoms. The molecule has 1 heterocycles. The number of aromatic nitrogens is 3. The van der Waals surface area contributed by atoms with Crippen LogP contribution < -0.4 is 4.90 Å². The predicted octanol–water partition coefficient (Wildman–Crippen LogP) is 0.576. The maximum Gasteiger partial charge on any atom is 0.151 e. The van der Waals surface area contributed by atoms with Crippen LogP contribution >= 0.6 is 0 Å². The van der Waals surface area contributed by atoms with Crippen molar-refractivity contribution in [3.63, 3.8) is 0 Å². The van der Waals surface area contributed by atoms with E-state index in [1.54, 1.807) is 0 Å². The molecule has 0 aliphatic rings. The molecule has 2 aromatic rings. The average Bonchev–Trinajstić information content (AvgIpc) is 2.74. The lowest BCUT2D eigenvalue weighted by molar-refractivity contribution is -0.0446. The van der Waals surface area contributed by atoms with E-state index in [-0.39, 0.29) is 0 Å². The van der Waals surface area contributed by atoms with Crippen LogP contribution in [0.4, 0.5) is 5.69 Å². The lowest BCUT2D eigenvalue weighted by atomic mass is 10.0. The van der Waals surface area contributed by atoms with Gasteiger partial charge in [0.25, 0.3) is 0 Å². The summed E-state index contributed by atoms with van der Waals surface area (Å²) in [5.41, 5.74) is 4.82. The number of aliphatic hydroxyl groups excluding tert-OH is 1. The molecule has 0 aliphatic carbocycles. The van der Waals surface area contributed by atoms with E-state index in [1.165, 1.54) is 0 Å². The van der Waals surface area contributed by atoms with Crippen LogP contribution in [0.15, 0.2) is 6.07 Å². The standard InChI is InChI=1S/C12H18N4O2/c1-7-11-9(13-15-14-11)6-8(4-5-10(17)18)12(7)16(2)3/h6,10,17-18H,4-5H2,1-3H3,(H,13,14,15). The summed E-state index contributed by atoms with van der Waals surface area (Å²) in [6, 6.07) is 1.95. The number of hydrogen-bond donors (Lipinski definition) is 3. The summed E-state index contributed by atoms with van der Waals surface area (Å²) in [7, 11) is 3.93. The van der Waals surface area contributed by atoms with Crippen molar-refractivity contribution in [2.45, 2.75) is 26.1 Å². The maximum absolute atomic E-state index is 8.99. The normalized spacial score (nSPS) is 11.4. The van der Waals surface area contributed by atoms with E-state index in [2.05, 4.69) is 15.4 Å². The van der Waals surface area contributed by atoms with E-state index in [0.29, 0.717) is 12.8 Å². The van der Waals surface area contributed by atoms with Gasteiger partial charge in [-0.05, 0) is 25.0 Å². The summed E-state index contributed by atoms with van der Waals surface area (Å²) in [6.07, 6.45) is -0.383. The lowest BCUT2D eigenvalue weighted by Crippen LogP contribution is -2.15. The molecule has 98 valence electrons. The largest absolute Gasteiger partial charge is 0.377 e. The van der Waals surface area contributed by atoms with Crippen LogP contribution in [0.3, 0.4) is 0 Å². The van der Waals surface area contributed by atoms with Gasteiger partial charge in [0.15, 0.2) is 6.29 Å². The molecule has 3 N–H and O–H groups in total. The number of hydrogen-bond acceptors (Lipinski definition) is 5. The Morgan fingerprint density at radius 3 is 2.67 bits per heavy atom. The van der Waals surface area contributed by atoms with Gasteiger partial charge in [-0.3, -0.25) is 0 Å². The molecule has 0 aliphatic heterocycles. The number of benzene rings is 1. The molecule has 0 amide bonds. The van der Waals surface area contributed by atoms with Crippen molar-refractivity contribution in [2.24, 2.45) is 0 Å². The van der Waals surface area contributed by atoms with Crippen LogP contribution in [0.1, 0.15) is 17.5 Å². The van der Waals surface area contributed by atoms with Gasteiger partial charge in [0, 0.05) is 31.8 Å². The Bertz CT molecular complexity index is 548. The highest BCUT2D eigenvalue weighted by molar-refractivity contribution is 5.85. The Labute approximate surface area is 105 Å². The van der Waals surface area contributed by atoms with Crippen LogP contribution in [0.2, 0.25) is 0 Å². The first-order chi connectivity index (χ1) is 8.50. The molecule has 0 spiro atoms. The third-order valence-corrected chi connectivity index (χ3v) is 3.02. The molecule has 0 fully saturated rings. The fourth-order valence-electron chi connectivity index (χ4n) is 2.30. The molecular weight excluding hydrogens is 232 g/mol. The van der Waals surface area contributed by atoms with Crippen LogP contribution in [0, 0.1) is 6.92 Å². The summed E-state index contributed by atoms with van der Waals surface area (Å²) in [6.45, 7) is 2.00. The highest BCUT2D eigenvalue weighted by Gasteiger charge is 2.15. The number of aromatic amines is 1. The molecule has 6 heteroatoms. The quantitative estimate of drug-likeness (QED) is 0.691. The second-order valence-electron chi connectivity index (χ2n) is 4.61. The van der Waals surface area contributed by atoms with Crippen molar-refractivity contribution in [1.82, 2.24) is 15.4 Å². The Hall–Kier alpha value is -1.66. The van der Waals surface area contributed by atoms with Gasteiger partial charge in [0.2, 0.25) is 0 Å². The maximum atomic E-state index is 8.99. The number of rotatable bonds is 4. The Morgan fingerprint density at radius 1 is 1.33 bits per heavy atom. The average molecular weight is 250 g/mol. The fraction of sp³-hybridized carbons (Fsp3) is 0.500. The van der Waals surface area contributed by atoms with Crippen molar-refractivity contribution < 1.29 is 10.2 Å². The van der Waals surface area contributed by atoms with Crippen LogP contribution in [0.5, 0.6) is 0 Å². The molecule has 0 saturated carbocycles. The number of nitrogens with one attached hydrogen (secondary N) is 1. The molecule has 1 aromatic carbocycles. The third kappa shape index (κ3) is 2.30. The van der Waals surface area contributed by atoms with Gasteiger partial charge in [0.05, 0.1) is 0 Å². The van der Waals surface area contributed by atoms with Crippen molar-refractivity contribution >= 4 is 16.7 Å². The first kappa shape index (κ1) is 12.8. The van der Waals surface area contributed by atoms with Gasteiger partial charge in [-0.15, -0.1) is 0 Å². The predicted molar refractivity (Wildman–Crippen MR) is 69.5 cm³/mol. The number of aryl methyl sites for hydroxylation is 2. The summed E-state index contributed by atoms with van der Waals surface area (Å²) in [4.78, 5) is 2.02. The van der Waals surface area contributed by atoms with Gasteiger partial charge in [-0.2, -0.15) is 15.4 Å².